The van der Waals surface area contributed by atoms with Crippen LogP contribution in [0.1, 0.15) is 12.2 Å². The van der Waals surface area contributed by atoms with E-state index in [4.69, 9.17) is 14.9 Å². The van der Waals surface area contributed by atoms with Crippen molar-refractivity contribution < 1.29 is 13.9 Å². The number of nitrogens with two attached hydrogens (primary N) is 1. The van der Waals surface area contributed by atoms with E-state index in [0.717, 1.165) is 5.76 Å². The minimum Gasteiger partial charge on any atom is -0.469 e. The van der Waals surface area contributed by atoms with Crippen LogP contribution in [0.5, 0.6) is 0 Å². The zero-order valence-electron chi connectivity index (χ0n) is 9.44. The zero-order valence-corrected chi connectivity index (χ0v) is 9.44. The Labute approximate surface area is 94.9 Å². The van der Waals surface area contributed by atoms with Gasteiger partial charge in [0, 0.05) is 26.5 Å². The topological polar surface area (TPSA) is 77.5 Å². The van der Waals surface area contributed by atoms with Crippen molar-refractivity contribution >= 4 is 5.91 Å². The molecule has 0 aliphatic heterocycles. The zero-order chi connectivity index (χ0) is 11.8. The van der Waals surface area contributed by atoms with Crippen molar-refractivity contribution in [3.63, 3.8) is 0 Å². The number of amides is 1. The van der Waals surface area contributed by atoms with E-state index in [2.05, 4.69) is 5.32 Å². The summed E-state index contributed by atoms with van der Waals surface area (Å²) in [5.74, 6) is 0.773. The third-order valence-corrected chi connectivity index (χ3v) is 2.20. The summed E-state index contributed by atoms with van der Waals surface area (Å²) in [6.45, 7) is 0.809. The van der Waals surface area contributed by atoms with E-state index >= 15 is 0 Å². The standard InChI is InChI=1S/C11H18N2O3/c1-15-8-9(7-12)13-11(14)5-4-10-3-2-6-16-10/h2-3,6,9H,4-5,7-8,12H2,1H3,(H,13,14). The lowest BCUT2D eigenvalue weighted by Gasteiger charge is -2.15. The molecule has 0 bridgehead atoms. The van der Waals surface area contributed by atoms with E-state index in [9.17, 15) is 4.79 Å². The fourth-order valence-electron chi connectivity index (χ4n) is 1.36. The third-order valence-electron chi connectivity index (χ3n) is 2.20. The van der Waals surface area contributed by atoms with E-state index in [0.29, 0.717) is 26.0 Å². The maximum Gasteiger partial charge on any atom is 0.220 e. The average Bonchev–Trinajstić information content (AvgIpc) is 2.78. The largest absolute Gasteiger partial charge is 0.469 e. The summed E-state index contributed by atoms with van der Waals surface area (Å²) in [4.78, 5) is 11.5. The van der Waals surface area contributed by atoms with Gasteiger partial charge in [-0.1, -0.05) is 0 Å². The number of carbonyl (C=O) groups excluding carboxylic acids is 1. The summed E-state index contributed by atoms with van der Waals surface area (Å²) in [5, 5.41) is 2.80. The van der Waals surface area contributed by atoms with Gasteiger partial charge < -0.3 is 20.2 Å². The SMILES string of the molecule is COCC(CN)NC(=O)CCc1ccco1. The molecular weight excluding hydrogens is 208 g/mol. The van der Waals surface area contributed by atoms with Crippen molar-refractivity contribution in [1.82, 2.24) is 5.32 Å². The minimum atomic E-state index is -0.117. The van der Waals surface area contributed by atoms with Gasteiger partial charge in [0.2, 0.25) is 5.91 Å². The van der Waals surface area contributed by atoms with Crippen molar-refractivity contribution in [2.45, 2.75) is 18.9 Å². The first-order valence-corrected chi connectivity index (χ1v) is 5.27. The molecule has 1 rings (SSSR count). The van der Waals surface area contributed by atoms with Crippen LogP contribution in [0, 0.1) is 0 Å². The van der Waals surface area contributed by atoms with E-state index < -0.39 is 0 Å². The molecular formula is C11H18N2O3. The van der Waals surface area contributed by atoms with Gasteiger partial charge in [0.1, 0.15) is 5.76 Å². The van der Waals surface area contributed by atoms with Crippen LogP contribution in [0.25, 0.3) is 0 Å². The second-order valence-corrected chi connectivity index (χ2v) is 3.53. The van der Waals surface area contributed by atoms with Crippen LogP contribution in [-0.2, 0) is 16.0 Å². The van der Waals surface area contributed by atoms with E-state index in [1.54, 1.807) is 19.4 Å². The van der Waals surface area contributed by atoms with Gasteiger partial charge in [0.05, 0.1) is 18.9 Å². The van der Waals surface area contributed by atoms with Gasteiger partial charge in [-0.15, -0.1) is 0 Å². The lowest BCUT2D eigenvalue weighted by atomic mass is 10.2. The predicted octanol–water partition coefficient (Wildman–Crippen LogP) is 0.302. The Morgan fingerprint density at radius 3 is 3.06 bits per heavy atom. The highest BCUT2D eigenvalue weighted by Gasteiger charge is 2.10. The Morgan fingerprint density at radius 1 is 1.69 bits per heavy atom. The number of hydrogen-bond donors (Lipinski definition) is 2. The Balaban J connectivity index is 2.24. The second kappa shape index (κ2) is 7.03. The minimum absolute atomic E-state index is 0.0381. The number of furan rings is 1. The van der Waals surface area contributed by atoms with Crippen molar-refractivity contribution in [3.8, 4) is 0 Å². The first-order valence-electron chi connectivity index (χ1n) is 5.27. The molecule has 3 N–H and O–H groups in total. The Morgan fingerprint density at radius 2 is 2.50 bits per heavy atom. The highest BCUT2D eigenvalue weighted by molar-refractivity contribution is 5.76. The average molecular weight is 226 g/mol. The van der Waals surface area contributed by atoms with Crippen LogP contribution in [0.4, 0.5) is 0 Å². The van der Waals surface area contributed by atoms with Crippen LogP contribution >= 0.6 is 0 Å². The number of methoxy groups -OCH3 is 1. The molecule has 90 valence electrons. The Bertz CT molecular complexity index is 298. The van der Waals surface area contributed by atoms with Crippen LogP contribution in [0.2, 0.25) is 0 Å². The van der Waals surface area contributed by atoms with Gasteiger partial charge in [0.15, 0.2) is 0 Å². The first-order chi connectivity index (χ1) is 7.76. The van der Waals surface area contributed by atoms with Crippen LogP contribution in [0.3, 0.4) is 0 Å². The molecule has 0 saturated carbocycles. The quantitative estimate of drug-likeness (QED) is 0.701. The molecule has 0 aliphatic rings. The highest BCUT2D eigenvalue weighted by atomic mass is 16.5. The monoisotopic (exact) mass is 226 g/mol. The molecule has 0 radical (unpaired) electrons. The maximum absolute atomic E-state index is 11.5. The molecule has 5 heteroatoms. The Kier molecular flexibility index (Phi) is 5.60. The normalized spacial score (nSPS) is 12.4. The van der Waals surface area contributed by atoms with Crippen LogP contribution in [0.15, 0.2) is 22.8 Å². The Hall–Kier alpha value is -1.33. The summed E-state index contributed by atoms with van der Waals surface area (Å²) in [6, 6.07) is 3.54. The number of hydrogen-bond acceptors (Lipinski definition) is 4. The van der Waals surface area contributed by atoms with Crippen molar-refractivity contribution in [2.75, 3.05) is 20.3 Å². The molecule has 1 heterocycles. The maximum atomic E-state index is 11.5. The molecule has 0 saturated heterocycles. The molecule has 1 atom stereocenters. The number of rotatable bonds is 7. The summed E-state index contributed by atoms with van der Waals surface area (Å²) in [7, 11) is 1.58. The molecule has 0 aliphatic carbocycles. The number of nitrogens with one attached hydrogen (secondary N) is 1. The fourth-order valence-corrected chi connectivity index (χ4v) is 1.36. The van der Waals surface area contributed by atoms with Crippen molar-refractivity contribution in [3.05, 3.63) is 24.2 Å². The molecule has 0 aromatic carbocycles. The molecule has 1 amide bonds. The highest BCUT2D eigenvalue weighted by Crippen LogP contribution is 2.03. The summed E-state index contributed by atoms with van der Waals surface area (Å²) in [6.07, 6.45) is 2.59. The lowest BCUT2D eigenvalue weighted by molar-refractivity contribution is -0.122. The van der Waals surface area contributed by atoms with E-state index in [1.807, 2.05) is 6.07 Å². The lowest BCUT2D eigenvalue weighted by Crippen LogP contribution is -2.43. The number of aryl methyl sites for hydroxylation is 1. The van der Waals surface area contributed by atoms with Gasteiger partial charge in [-0.2, -0.15) is 0 Å². The van der Waals surface area contributed by atoms with Gasteiger partial charge >= 0.3 is 0 Å². The van der Waals surface area contributed by atoms with Gasteiger partial charge in [0.25, 0.3) is 0 Å². The molecule has 1 unspecified atom stereocenters. The smallest absolute Gasteiger partial charge is 0.220 e. The van der Waals surface area contributed by atoms with Crippen LogP contribution in [-0.4, -0.2) is 32.2 Å². The van der Waals surface area contributed by atoms with Crippen LogP contribution < -0.4 is 11.1 Å². The van der Waals surface area contributed by atoms with Gasteiger partial charge in [-0.25, -0.2) is 0 Å². The molecule has 16 heavy (non-hydrogen) atoms. The van der Waals surface area contributed by atoms with E-state index in [-0.39, 0.29) is 11.9 Å². The predicted molar refractivity (Wildman–Crippen MR) is 59.9 cm³/mol. The van der Waals surface area contributed by atoms with E-state index in [1.165, 1.54) is 0 Å². The number of ether oxygens (including phenoxy) is 1. The van der Waals surface area contributed by atoms with Gasteiger partial charge in [-0.3, -0.25) is 4.79 Å². The summed E-state index contributed by atoms with van der Waals surface area (Å²) < 4.78 is 10.1. The number of carbonyl (C=O) groups is 1. The molecule has 0 spiro atoms. The third kappa shape index (κ3) is 4.46. The molecule has 1 aromatic rings. The molecule has 5 nitrogen and oxygen atoms in total. The molecule has 0 fully saturated rings. The van der Waals surface area contributed by atoms with Crippen molar-refractivity contribution in [1.29, 1.82) is 0 Å². The second-order valence-electron chi connectivity index (χ2n) is 3.53. The first kappa shape index (κ1) is 12.7. The van der Waals surface area contributed by atoms with Crippen molar-refractivity contribution in [2.24, 2.45) is 5.73 Å². The molecule has 1 aromatic heterocycles. The fraction of sp³-hybridized carbons (Fsp3) is 0.545. The van der Waals surface area contributed by atoms with Gasteiger partial charge in [-0.05, 0) is 12.1 Å². The summed E-state index contributed by atoms with van der Waals surface area (Å²) in [5.41, 5.74) is 5.48. The summed E-state index contributed by atoms with van der Waals surface area (Å²) >= 11 is 0.